The molecule has 1 atom stereocenters. The number of hydrogen-bond acceptors (Lipinski definition) is 3. The smallest absolute Gasteiger partial charge is 0.265 e. The van der Waals surface area contributed by atoms with Crippen molar-refractivity contribution in [1.82, 2.24) is 4.90 Å². The van der Waals surface area contributed by atoms with Crippen molar-refractivity contribution in [1.29, 1.82) is 0 Å². The van der Waals surface area contributed by atoms with Crippen molar-refractivity contribution in [3.05, 3.63) is 59.2 Å². The third-order valence-corrected chi connectivity index (χ3v) is 4.75. The van der Waals surface area contributed by atoms with Crippen LogP contribution in [0.4, 0.5) is 5.69 Å². The van der Waals surface area contributed by atoms with Crippen LogP contribution >= 0.6 is 0 Å². The van der Waals surface area contributed by atoms with Crippen molar-refractivity contribution in [2.45, 2.75) is 47.3 Å². The van der Waals surface area contributed by atoms with E-state index in [-0.39, 0.29) is 5.91 Å². The predicted octanol–water partition coefficient (Wildman–Crippen LogP) is 4.55. The molecule has 2 aromatic carbocycles. The predicted molar refractivity (Wildman–Crippen MR) is 108 cm³/mol. The van der Waals surface area contributed by atoms with Crippen LogP contribution in [0.3, 0.4) is 0 Å². The molecule has 0 heterocycles. The molecule has 0 unspecified atom stereocenters. The summed E-state index contributed by atoms with van der Waals surface area (Å²) in [7, 11) is 0. The van der Waals surface area contributed by atoms with Crippen molar-refractivity contribution in [3.8, 4) is 5.75 Å². The monoisotopic (exact) mass is 354 g/mol. The Kier molecular flexibility index (Phi) is 7.22. The molecule has 0 aliphatic rings. The Morgan fingerprint density at radius 1 is 1.08 bits per heavy atom. The normalized spacial score (nSPS) is 12.1. The maximum atomic E-state index is 12.4. The van der Waals surface area contributed by atoms with Crippen LogP contribution in [0.2, 0.25) is 0 Å². The molecule has 0 bridgehead atoms. The number of anilines is 1. The van der Waals surface area contributed by atoms with Crippen LogP contribution in [0.15, 0.2) is 42.5 Å². The molecule has 0 radical (unpaired) electrons. The van der Waals surface area contributed by atoms with Gasteiger partial charge in [-0.1, -0.05) is 38.1 Å². The van der Waals surface area contributed by atoms with Gasteiger partial charge in [-0.25, -0.2) is 0 Å². The number of carbonyl (C=O) groups excluding carboxylic acids is 1. The first kappa shape index (κ1) is 20.0. The van der Waals surface area contributed by atoms with Gasteiger partial charge in [0.2, 0.25) is 0 Å². The van der Waals surface area contributed by atoms with E-state index in [0.29, 0.717) is 0 Å². The van der Waals surface area contributed by atoms with Gasteiger partial charge in [-0.3, -0.25) is 9.69 Å². The summed E-state index contributed by atoms with van der Waals surface area (Å²) in [5, 5.41) is 2.93. The van der Waals surface area contributed by atoms with E-state index in [9.17, 15) is 4.79 Å². The Morgan fingerprint density at radius 2 is 1.73 bits per heavy atom. The zero-order valence-electron chi connectivity index (χ0n) is 16.5. The third kappa shape index (κ3) is 5.33. The van der Waals surface area contributed by atoms with Gasteiger partial charge in [0.1, 0.15) is 5.75 Å². The topological polar surface area (TPSA) is 41.6 Å². The maximum absolute atomic E-state index is 12.4. The standard InChI is InChI=1S/C22H30N2O2/c1-6-24(7-2)15-19-11-13-20(14-12-19)23-22(25)18(5)26-21-10-8-9-16(3)17(21)4/h8-14,18H,6-7,15H2,1-5H3,(H,23,25)/t18-/m1/s1. The van der Waals surface area contributed by atoms with Gasteiger partial charge in [0, 0.05) is 12.2 Å². The van der Waals surface area contributed by atoms with Gasteiger partial charge < -0.3 is 10.1 Å². The van der Waals surface area contributed by atoms with Crippen LogP contribution in [0.5, 0.6) is 5.75 Å². The number of benzene rings is 2. The van der Waals surface area contributed by atoms with Gasteiger partial charge in [0.15, 0.2) is 6.10 Å². The highest BCUT2D eigenvalue weighted by molar-refractivity contribution is 5.94. The molecule has 26 heavy (non-hydrogen) atoms. The summed E-state index contributed by atoms with van der Waals surface area (Å²) in [6.45, 7) is 13.1. The minimum atomic E-state index is -0.564. The lowest BCUT2D eigenvalue weighted by molar-refractivity contribution is -0.122. The Hall–Kier alpha value is -2.33. The van der Waals surface area contributed by atoms with Crippen molar-refractivity contribution >= 4 is 11.6 Å². The fourth-order valence-corrected chi connectivity index (χ4v) is 2.74. The number of carbonyl (C=O) groups is 1. The largest absolute Gasteiger partial charge is 0.481 e. The number of amides is 1. The molecule has 0 fully saturated rings. The number of hydrogen-bond donors (Lipinski definition) is 1. The fourth-order valence-electron chi connectivity index (χ4n) is 2.74. The van der Waals surface area contributed by atoms with E-state index in [1.807, 2.05) is 44.2 Å². The molecule has 0 aromatic heterocycles. The number of nitrogens with zero attached hydrogens (tertiary/aromatic N) is 1. The minimum Gasteiger partial charge on any atom is -0.481 e. The van der Waals surface area contributed by atoms with Crippen molar-refractivity contribution in [2.75, 3.05) is 18.4 Å². The summed E-state index contributed by atoms with van der Waals surface area (Å²) >= 11 is 0. The first-order valence-electron chi connectivity index (χ1n) is 9.29. The summed E-state index contributed by atoms with van der Waals surface area (Å²) in [4.78, 5) is 14.8. The van der Waals surface area contributed by atoms with Crippen molar-refractivity contribution in [2.24, 2.45) is 0 Å². The summed E-state index contributed by atoms with van der Waals surface area (Å²) < 4.78 is 5.85. The van der Waals surface area contributed by atoms with Crippen molar-refractivity contribution in [3.63, 3.8) is 0 Å². The zero-order valence-corrected chi connectivity index (χ0v) is 16.5. The molecule has 0 saturated carbocycles. The number of aryl methyl sites for hydroxylation is 1. The number of ether oxygens (including phenoxy) is 1. The Bertz CT molecular complexity index is 721. The van der Waals surface area contributed by atoms with Gasteiger partial charge in [-0.05, 0) is 68.8 Å². The van der Waals surface area contributed by atoms with Gasteiger partial charge >= 0.3 is 0 Å². The van der Waals surface area contributed by atoms with Crippen LogP contribution in [0.1, 0.15) is 37.5 Å². The van der Waals surface area contributed by atoms with E-state index >= 15 is 0 Å². The SMILES string of the molecule is CCN(CC)Cc1ccc(NC(=O)[C@@H](C)Oc2cccc(C)c2C)cc1. The van der Waals surface area contributed by atoms with Crippen LogP contribution in [0.25, 0.3) is 0 Å². The number of nitrogens with one attached hydrogen (secondary N) is 1. The summed E-state index contributed by atoms with van der Waals surface area (Å²) in [5.74, 6) is 0.601. The Balaban J connectivity index is 1.95. The lowest BCUT2D eigenvalue weighted by Gasteiger charge is -2.19. The van der Waals surface area contributed by atoms with Crippen LogP contribution in [-0.4, -0.2) is 30.0 Å². The van der Waals surface area contributed by atoms with Crippen LogP contribution < -0.4 is 10.1 Å². The molecule has 4 heteroatoms. The van der Waals surface area contributed by atoms with E-state index in [1.165, 1.54) is 5.56 Å². The van der Waals surface area contributed by atoms with Crippen LogP contribution in [0, 0.1) is 13.8 Å². The minimum absolute atomic E-state index is 0.151. The molecule has 0 saturated heterocycles. The highest BCUT2D eigenvalue weighted by atomic mass is 16.5. The molecular formula is C22H30N2O2. The Morgan fingerprint density at radius 3 is 2.35 bits per heavy atom. The maximum Gasteiger partial charge on any atom is 0.265 e. The summed E-state index contributed by atoms with van der Waals surface area (Å²) in [5.41, 5.74) is 4.24. The van der Waals surface area contributed by atoms with Crippen LogP contribution in [-0.2, 0) is 11.3 Å². The van der Waals surface area contributed by atoms with E-state index in [2.05, 4.69) is 36.2 Å². The lowest BCUT2D eigenvalue weighted by atomic mass is 10.1. The average Bonchev–Trinajstić information content (AvgIpc) is 2.64. The van der Waals surface area contributed by atoms with E-state index in [1.54, 1.807) is 6.92 Å². The molecule has 0 spiro atoms. The summed E-state index contributed by atoms with van der Waals surface area (Å²) in [6, 6.07) is 13.9. The highest BCUT2D eigenvalue weighted by Crippen LogP contribution is 2.22. The second kappa shape index (κ2) is 9.39. The van der Waals surface area contributed by atoms with Crippen molar-refractivity contribution < 1.29 is 9.53 Å². The molecule has 140 valence electrons. The van der Waals surface area contributed by atoms with E-state index in [4.69, 9.17) is 4.74 Å². The van der Waals surface area contributed by atoms with E-state index < -0.39 is 6.10 Å². The number of rotatable bonds is 8. The molecule has 0 aliphatic carbocycles. The first-order valence-corrected chi connectivity index (χ1v) is 9.29. The fraction of sp³-hybridized carbons (Fsp3) is 0.409. The van der Waals surface area contributed by atoms with Gasteiger partial charge in [0.25, 0.3) is 5.91 Å². The molecule has 2 aromatic rings. The Labute approximate surface area is 157 Å². The quantitative estimate of drug-likeness (QED) is 0.756. The zero-order chi connectivity index (χ0) is 19.1. The highest BCUT2D eigenvalue weighted by Gasteiger charge is 2.16. The molecule has 1 N–H and O–H groups in total. The molecule has 1 amide bonds. The molecule has 2 rings (SSSR count). The summed E-state index contributed by atoms with van der Waals surface area (Å²) in [6.07, 6.45) is -0.564. The van der Waals surface area contributed by atoms with Gasteiger partial charge in [-0.15, -0.1) is 0 Å². The van der Waals surface area contributed by atoms with Gasteiger partial charge in [-0.2, -0.15) is 0 Å². The van der Waals surface area contributed by atoms with Gasteiger partial charge in [0.05, 0.1) is 0 Å². The lowest BCUT2D eigenvalue weighted by Crippen LogP contribution is -2.30. The average molecular weight is 354 g/mol. The second-order valence-corrected chi connectivity index (χ2v) is 6.61. The third-order valence-electron chi connectivity index (χ3n) is 4.75. The molecule has 0 aliphatic heterocycles. The second-order valence-electron chi connectivity index (χ2n) is 6.61. The molecule has 4 nitrogen and oxygen atoms in total. The van der Waals surface area contributed by atoms with E-state index in [0.717, 1.165) is 42.2 Å². The molecular weight excluding hydrogens is 324 g/mol. The first-order chi connectivity index (χ1) is 12.4.